The van der Waals surface area contributed by atoms with E-state index in [1.54, 1.807) is 13.8 Å². The summed E-state index contributed by atoms with van der Waals surface area (Å²) in [5, 5.41) is 4.51. The summed E-state index contributed by atoms with van der Waals surface area (Å²) in [5.74, 6) is -2.38. The molecule has 2 aromatic rings. The highest BCUT2D eigenvalue weighted by Crippen LogP contribution is 2.38. The quantitative estimate of drug-likeness (QED) is 0.712. The van der Waals surface area contributed by atoms with Crippen LogP contribution in [0.25, 0.3) is 0 Å². The lowest BCUT2D eigenvalue weighted by atomic mass is 10.1. The fourth-order valence-corrected chi connectivity index (χ4v) is 1.99. The summed E-state index contributed by atoms with van der Waals surface area (Å²) in [6.45, 7) is 3.21. The van der Waals surface area contributed by atoms with Crippen molar-refractivity contribution in [3.05, 3.63) is 41.3 Å². The minimum Gasteiger partial charge on any atom is -0.352 e. The Morgan fingerprint density at radius 1 is 0.962 bits per heavy atom. The van der Waals surface area contributed by atoms with E-state index in [1.807, 2.05) is 5.32 Å². The first-order chi connectivity index (χ1) is 11.9. The van der Waals surface area contributed by atoms with Crippen molar-refractivity contribution in [1.82, 2.24) is 9.97 Å². The van der Waals surface area contributed by atoms with Gasteiger partial charge in [-0.3, -0.25) is 0 Å². The molecule has 1 aromatic carbocycles. The van der Waals surface area contributed by atoms with E-state index in [9.17, 15) is 30.7 Å². The van der Waals surface area contributed by atoms with Crippen molar-refractivity contribution in [1.29, 1.82) is 0 Å². The van der Waals surface area contributed by atoms with Crippen LogP contribution in [0, 0.1) is 5.82 Å². The standard InChI is InChI=1S/C15H13F7N4/c1-7(2)23-13-24-10(15(20,21)22)6-11(26-13)25-12-8(14(17,18)19)4-3-5-9(12)16/h3-7H,1-2H3,(H2,23,24,25,26). The first-order valence-electron chi connectivity index (χ1n) is 7.23. The van der Waals surface area contributed by atoms with Crippen LogP contribution in [0.15, 0.2) is 24.3 Å². The Labute approximate surface area is 143 Å². The zero-order valence-corrected chi connectivity index (χ0v) is 13.4. The molecule has 142 valence electrons. The first-order valence-corrected chi connectivity index (χ1v) is 7.23. The van der Waals surface area contributed by atoms with E-state index in [2.05, 4.69) is 15.3 Å². The molecule has 0 fully saturated rings. The van der Waals surface area contributed by atoms with Crippen molar-refractivity contribution in [3.63, 3.8) is 0 Å². The molecule has 0 aliphatic rings. The van der Waals surface area contributed by atoms with E-state index in [1.165, 1.54) is 0 Å². The van der Waals surface area contributed by atoms with Gasteiger partial charge in [-0.25, -0.2) is 9.37 Å². The Morgan fingerprint density at radius 2 is 1.62 bits per heavy atom. The van der Waals surface area contributed by atoms with E-state index in [-0.39, 0.29) is 6.04 Å². The molecule has 0 saturated carbocycles. The van der Waals surface area contributed by atoms with E-state index in [0.717, 1.165) is 12.1 Å². The van der Waals surface area contributed by atoms with Gasteiger partial charge >= 0.3 is 12.4 Å². The highest BCUT2D eigenvalue weighted by Gasteiger charge is 2.36. The Kier molecular flexibility index (Phi) is 5.28. The molecule has 1 heterocycles. The number of aromatic nitrogens is 2. The maximum atomic E-state index is 13.9. The molecule has 26 heavy (non-hydrogen) atoms. The van der Waals surface area contributed by atoms with Gasteiger partial charge in [0.1, 0.15) is 11.6 Å². The average molecular weight is 382 g/mol. The van der Waals surface area contributed by atoms with E-state index >= 15 is 0 Å². The molecule has 2 N–H and O–H groups in total. The van der Waals surface area contributed by atoms with Gasteiger partial charge in [-0.1, -0.05) is 6.07 Å². The molecule has 0 amide bonds. The topological polar surface area (TPSA) is 49.8 Å². The summed E-state index contributed by atoms with van der Waals surface area (Å²) in [6.07, 6.45) is -9.78. The van der Waals surface area contributed by atoms with Crippen molar-refractivity contribution in [3.8, 4) is 0 Å². The molecule has 0 atom stereocenters. The van der Waals surface area contributed by atoms with Crippen molar-refractivity contribution < 1.29 is 30.7 Å². The third-order valence-corrected chi connectivity index (χ3v) is 3.01. The second kappa shape index (κ2) is 6.96. The third kappa shape index (κ3) is 4.73. The number of nitrogens with one attached hydrogen (secondary N) is 2. The van der Waals surface area contributed by atoms with E-state index in [4.69, 9.17) is 0 Å². The minimum absolute atomic E-state index is 0.342. The molecule has 0 spiro atoms. The summed E-state index contributed by atoms with van der Waals surface area (Å²) in [4.78, 5) is 6.96. The summed E-state index contributed by atoms with van der Waals surface area (Å²) in [7, 11) is 0. The Morgan fingerprint density at radius 3 is 2.15 bits per heavy atom. The number of benzene rings is 1. The molecular weight excluding hydrogens is 369 g/mol. The molecule has 0 aliphatic carbocycles. The normalized spacial score (nSPS) is 12.4. The predicted molar refractivity (Wildman–Crippen MR) is 80.5 cm³/mol. The number of rotatable bonds is 4. The molecular formula is C15H13F7N4. The van der Waals surface area contributed by atoms with Crippen LogP contribution in [-0.2, 0) is 12.4 Å². The molecule has 0 radical (unpaired) electrons. The van der Waals surface area contributed by atoms with Gasteiger partial charge in [-0.2, -0.15) is 31.3 Å². The predicted octanol–water partition coefficient (Wildman–Crippen LogP) is 5.22. The summed E-state index contributed by atoms with van der Waals surface area (Å²) >= 11 is 0. The van der Waals surface area contributed by atoms with Crippen LogP contribution in [0.1, 0.15) is 25.1 Å². The molecule has 11 heteroatoms. The Balaban J connectivity index is 2.53. The molecule has 4 nitrogen and oxygen atoms in total. The van der Waals surface area contributed by atoms with Crippen LogP contribution in [0.5, 0.6) is 0 Å². The van der Waals surface area contributed by atoms with Gasteiger partial charge in [0, 0.05) is 12.1 Å². The molecule has 0 unspecified atom stereocenters. The van der Waals surface area contributed by atoms with Crippen molar-refractivity contribution >= 4 is 17.5 Å². The molecule has 2 rings (SSSR count). The number of halogens is 7. The molecule has 0 bridgehead atoms. The number of hydrogen-bond acceptors (Lipinski definition) is 4. The lowest BCUT2D eigenvalue weighted by molar-refractivity contribution is -0.141. The van der Waals surface area contributed by atoms with Crippen molar-refractivity contribution in [2.45, 2.75) is 32.2 Å². The van der Waals surface area contributed by atoms with E-state index in [0.29, 0.717) is 12.1 Å². The second-order valence-corrected chi connectivity index (χ2v) is 5.54. The summed E-state index contributed by atoms with van der Waals surface area (Å²) in [5.41, 5.74) is -3.78. The molecule has 0 aliphatic heterocycles. The number of anilines is 3. The van der Waals surface area contributed by atoms with Crippen LogP contribution in [0.3, 0.4) is 0 Å². The number of hydrogen-bond donors (Lipinski definition) is 2. The Bertz CT molecular complexity index is 785. The first kappa shape index (κ1) is 19.7. The van der Waals surface area contributed by atoms with Gasteiger partial charge in [-0.05, 0) is 26.0 Å². The van der Waals surface area contributed by atoms with Gasteiger partial charge in [0.05, 0.1) is 11.3 Å². The summed E-state index contributed by atoms with van der Waals surface area (Å²) in [6, 6.07) is 2.25. The number of para-hydroxylation sites is 1. The smallest absolute Gasteiger partial charge is 0.352 e. The third-order valence-electron chi connectivity index (χ3n) is 3.01. The number of alkyl halides is 6. The van der Waals surface area contributed by atoms with Crippen molar-refractivity contribution in [2.75, 3.05) is 10.6 Å². The van der Waals surface area contributed by atoms with E-state index < -0.39 is 46.9 Å². The maximum absolute atomic E-state index is 13.9. The Hall–Kier alpha value is -2.59. The maximum Gasteiger partial charge on any atom is 0.433 e. The average Bonchev–Trinajstić information content (AvgIpc) is 2.46. The van der Waals surface area contributed by atoms with Crippen LogP contribution in [0.2, 0.25) is 0 Å². The highest BCUT2D eigenvalue weighted by atomic mass is 19.4. The van der Waals surface area contributed by atoms with Gasteiger partial charge < -0.3 is 10.6 Å². The zero-order valence-electron chi connectivity index (χ0n) is 13.4. The monoisotopic (exact) mass is 382 g/mol. The van der Waals surface area contributed by atoms with Gasteiger partial charge in [0.15, 0.2) is 5.69 Å². The fraction of sp³-hybridized carbons (Fsp3) is 0.333. The summed E-state index contributed by atoms with van der Waals surface area (Å²) < 4.78 is 91.8. The van der Waals surface area contributed by atoms with Crippen molar-refractivity contribution in [2.24, 2.45) is 0 Å². The van der Waals surface area contributed by atoms with Gasteiger partial charge in [-0.15, -0.1) is 0 Å². The molecule has 0 saturated heterocycles. The van der Waals surface area contributed by atoms with Crippen LogP contribution in [-0.4, -0.2) is 16.0 Å². The lowest BCUT2D eigenvalue weighted by Gasteiger charge is -2.17. The number of nitrogens with zero attached hydrogens (tertiary/aromatic N) is 2. The van der Waals surface area contributed by atoms with Gasteiger partial charge in [0.25, 0.3) is 0 Å². The van der Waals surface area contributed by atoms with Crippen LogP contribution in [0.4, 0.5) is 48.2 Å². The van der Waals surface area contributed by atoms with Crippen LogP contribution >= 0.6 is 0 Å². The highest BCUT2D eigenvalue weighted by molar-refractivity contribution is 5.63. The second-order valence-electron chi connectivity index (χ2n) is 5.54. The largest absolute Gasteiger partial charge is 0.433 e. The lowest BCUT2D eigenvalue weighted by Crippen LogP contribution is -2.17. The van der Waals surface area contributed by atoms with Gasteiger partial charge in [0.2, 0.25) is 5.95 Å². The fourth-order valence-electron chi connectivity index (χ4n) is 1.99. The molecule has 1 aromatic heterocycles. The zero-order chi connectivity index (χ0) is 19.7. The minimum atomic E-state index is -4.91. The SMILES string of the molecule is CC(C)Nc1nc(Nc2c(F)cccc2C(F)(F)F)cc(C(F)(F)F)n1. The van der Waals surface area contributed by atoms with Crippen LogP contribution < -0.4 is 10.6 Å².